The van der Waals surface area contributed by atoms with Gasteiger partial charge in [0.05, 0.1) is 12.0 Å². The van der Waals surface area contributed by atoms with E-state index in [9.17, 15) is 15.0 Å². The summed E-state index contributed by atoms with van der Waals surface area (Å²) in [6, 6.07) is 0. The molecule has 2 N–H and O–H groups in total. The fraction of sp³-hybridized carbons (Fsp3) is 0.885. The van der Waals surface area contributed by atoms with Gasteiger partial charge in [0, 0.05) is 12.5 Å². The molecule has 0 bridgehead atoms. The molecule has 1 saturated heterocycles. The molecule has 3 unspecified atom stereocenters. The van der Waals surface area contributed by atoms with Crippen LogP contribution in [-0.4, -0.2) is 28.9 Å². The average molecular weight is 419 g/mol. The lowest BCUT2D eigenvalue weighted by Crippen LogP contribution is -2.52. The van der Waals surface area contributed by atoms with Crippen molar-refractivity contribution in [2.24, 2.45) is 40.4 Å². The molecule has 30 heavy (non-hydrogen) atoms. The van der Waals surface area contributed by atoms with Gasteiger partial charge in [-0.05, 0) is 85.5 Å². The first-order chi connectivity index (χ1) is 14.2. The molecule has 170 valence electrons. The summed E-state index contributed by atoms with van der Waals surface area (Å²) in [5.41, 5.74) is 1.55. The van der Waals surface area contributed by atoms with Crippen LogP contribution in [0.15, 0.2) is 11.3 Å². The summed E-state index contributed by atoms with van der Waals surface area (Å²) in [5.74, 6) is 2.85. The van der Waals surface area contributed by atoms with Gasteiger partial charge in [-0.1, -0.05) is 40.5 Å². The minimum Gasteiger partial charge on any atom is -0.431 e. The number of hydrogen-bond acceptors (Lipinski definition) is 4. The third kappa shape index (κ3) is 3.56. The van der Waals surface area contributed by atoms with E-state index in [2.05, 4.69) is 27.7 Å². The highest BCUT2D eigenvalue weighted by molar-refractivity contribution is 5.76. The maximum atomic E-state index is 13.0. The molecule has 1 heterocycles. The van der Waals surface area contributed by atoms with Crippen LogP contribution in [0.1, 0.15) is 91.9 Å². The van der Waals surface area contributed by atoms with E-state index < -0.39 is 0 Å². The second-order valence-electron chi connectivity index (χ2n) is 11.6. The zero-order valence-corrected chi connectivity index (χ0v) is 19.5. The van der Waals surface area contributed by atoms with Crippen molar-refractivity contribution < 1.29 is 19.7 Å². The number of aliphatic hydroxyl groups excluding tert-OH is 2. The molecule has 0 spiro atoms. The Bertz CT molecular complexity index is 699. The first-order valence-corrected chi connectivity index (χ1v) is 12.4. The van der Waals surface area contributed by atoms with Crippen molar-refractivity contribution in [3.63, 3.8) is 0 Å². The van der Waals surface area contributed by atoms with E-state index >= 15 is 0 Å². The Morgan fingerprint density at radius 1 is 1.10 bits per heavy atom. The van der Waals surface area contributed by atoms with Crippen LogP contribution in [-0.2, 0) is 9.53 Å². The highest BCUT2D eigenvalue weighted by Gasteiger charge is 2.59. The number of carbonyl (C=O) groups excluding carboxylic acids is 1. The third-order valence-corrected chi connectivity index (χ3v) is 9.75. The van der Waals surface area contributed by atoms with Crippen LogP contribution in [0.4, 0.5) is 0 Å². The first kappa shape index (κ1) is 22.3. The molecule has 4 rings (SSSR count). The van der Waals surface area contributed by atoms with Crippen molar-refractivity contribution in [1.29, 1.82) is 0 Å². The summed E-state index contributed by atoms with van der Waals surface area (Å²) in [5, 5.41) is 19.4. The van der Waals surface area contributed by atoms with Gasteiger partial charge in [-0.15, -0.1) is 0 Å². The van der Waals surface area contributed by atoms with Crippen LogP contribution in [0.2, 0.25) is 0 Å². The number of carbonyl (C=O) groups is 1. The van der Waals surface area contributed by atoms with E-state index in [1.165, 1.54) is 31.3 Å². The molecular weight excluding hydrogens is 376 g/mol. The molecule has 0 aromatic carbocycles. The Morgan fingerprint density at radius 3 is 2.60 bits per heavy atom. The van der Waals surface area contributed by atoms with Crippen molar-refractivity contribution in [3.8, 4) is 0 Å². The minimum atomic E-state index is -0.357. The van der Waals surface area contributed by atoms with E-state index in [0.29, 0.717) is 30.1 Å². The summed E-state index contributed by atoms with van der Waals surface area (Å²) < 4.78 is 6.11. The van der Waals surface area contributed by atoms with Crippen molar-refractivity contribution in [2.75, 3.05) is 6.61 Å². The van der Waals surface area contributed by atoms with Crippen LogP contribution in [0.3, 0.4) is 0 Å². The van der Waals surface area contributed by atoms with E-state index in [1.54, 1.807) is 0 Å². The van der Waals surface area contributed by atoms with Crippen LogP contribution in [0, 0.1) is 40.4 Å². The quantitative estimate of drug-likeness (QED) is 0.580. The van der Waals surface area contributed by atoms with Gasteiger partial charge in [0.25, 0.3) is 0 Å². The van der Waals surface area contributed by atoms with Crippen molar-refractivity contribution >= 4 is 5.97 Å². The standard InChI is InChI=1S/C26H42O4/c1-16(15-27)6-5-7-17(2)19-8-9-20-23-21(11-13-25(19,20)3)26(4)12-10-18(28)14-22(26)24(29)30-23/h16-19,21-22,27-28H,5-15H2,1-4H3/t16?,17-,18?,19-,21+,22?,25-,26-/m1/s1. The molecule has 4 heteroatoms. The van der Waals surface area contributed by atoms with Crippen molar-refractivity contribution in [1.82, 2.24) is 0 Å². The molecule has 8 atom stereocenters. The number of hydrogen-bond donors (Lipinski definition) is 2. The Kier molecular flexibility index (Phi) is 6.13. The van der Waals surface area contributed by atoms with E-state index in [1.807, 2.05) is 0 Å². The SMILES string of the molecule is CC(CO)CCC[C@@H](C)[C@H]1CCC2=C3OC(=O)C4CC(O)CC[C@]4(C)[C@H]3CC[C@@]21C. The fourth-order valence-electron chi connectivity index (χ4n) is 7.68. The zero-order valence-electron chi connectivity index (χ0n) is 19.5. The molecule has 0 radical (unpaired) electrons. The van der Waals surface area contributed by atoms with Gasteiger partial charge in [-0.3, -0.25) is 4.79 Å². The van der Waals surface area contributed by atoms with Gasteiger partial charge in [0.1, 0.15) is 5.76 Å². The second-order valence-corrected chi connectivity index (χ2v) is 11.6. The molecule has 2 saturated carbocycles. The van der Waals surface area contributed by atoms with Gasteiger partial charge < -0.3 is 14.9 Å². The maximum absolute atomic E-state index is 13.0. The molecule has 0 aromatic rings. The first-order valence-electron chi connectivity index (χ1n) is 12.4. The molecule has 3 fully saturated rings. The number of ether oxygens (including phenoxy) is 1. The van der Waals surface area contributed by atoms with Gasteiger partial charge in [-0.2, -0.15) is 0 Å². The summed E-state index contributed by atoms with van der Waals surface area (Å²) in [6.07, 6.45) is 10.0. The number of esters is 1. The molecule has 0 aromatic heterocycles. The molecule has 4 nitrogen and oxygen atoms in total. The van der Waals surface area contributed by atoms with Gasteiger partial charge in [-0.25, -0.2) is 0 Å². The highest BCUT2D eigenvalue weighted by atomic mass is 16.5. The summed E-state index contributed by atoms with van der Waals surface area (Å²) >= 11 is 0. The van der Waals surface area contributed by atoms with Crippen molar-refractivity contribution in [3.05, 3.63) is 11.3 Å². The zero-order chi connectivity index (χ0) is 21.7. The summed E-state index contributed by atoms with van der Waals surface area (Å²) in [6.45, 7) is 9.54. The minimum absolute atomic E-state index is 0.0532. The van der Waals surface area contributed by atoms with Gasteiger partial charge in [0.15, 0.2) is 0 Å². The number of allylic oxidation sites excluding steroid dienone is 2. The smallest absolute Gasteiger partial charge is 0.314 e. The molecule has 4 aliphatic rings. The van der Waals surface area contributed by atoms with Gasteiger partial charge in [0.2, 0.25) is 0 Å². The highest BCUT2D eigenvalue weighted by Crippen LogP contribution is 2.64. The number of fused-ring (bicyclic) bond motifs is 4. The summed E-state index contributed by atoms with van der Waals surface area (Å²) in [7, 11) is 0. The van der Waals surface area contributed by atoms with Crippen LogP contribution < -0.4 is 0 Å². The molecule has 3 aliphatic carbocycles. The Hall–Kier alpha value is -0.870. The lowest BCUT2D eigenvalue weighted by atomic mass is 9.53. The fourth-order valence-corrected chi connectivity index (χ4v) is 7.68. The van der Waals surface area contributed by atoms with Crippen LogP contribution in [0.25, 0.3) is 0 Å². The third-order valence-electron chi connectivity index (χ3n) is 9.75. The van der Waals surface area contributed by atoms with Crippen LogP contribution >= 0.6 is 0 Å². The molecule has 1 aliphatic heterocycles. The molecule has 0 amide bonds. The van der Waals surface area contributed by atoms with Gasteiger partial charge >= 0.3 is 5.97 Å². The van der Waals surface area contributed by atoms with E-state index in [4.69, 9.17) is 4.74 Å². The predicted molar refractivity (Wildman–Crippen MR) is 117 cm³/mol. The number of rotatable bonds is 6. The predicted octanol–water partition coefficient (Wildman–Crippen LogP) is 5.23. The van der Waals surface area contributed by atoms with E-state index in [-0.39, 0.29) is 35.4 Å². The Balaban J connectivity index is 1.55. The lowest BCUT2D eigenvalue weighted by Gasteiger charge is -2.54. The lowest BCUT2D eigenvalue weighted by molar-refractivity contribution is -0.170. The topological polar surface area (TPSA) is 66.8 Å². The maximum Gasteiger partial charge on any atom is 0.314 e. The monoisotopic (exact) mass is 418 g/mol. The Labute approximate surface area is 182 Å². The summed E-state index contributed by atoms with van der Waals surface area (Å²) in [4.78, 5) is 13.0. The second kappa shape index (κ2) is 8.24. The van der Waals surface area contributed by atoms with Crippen LogP contribution in [0.5, 0.6) is 0 Å². The average Bonchev–Trinajstić information content (AvgIpc) is 3.06. The van der Waals surface area contributed by atoms with Crippen molar-refractivity contribution in [2.45, 2.75) is 98.0 Å². The Morgan fingerprint density at radius 2 is 1.87 bits per heavy atom. The normalized spacial score (nSPS) is 42.8. The van der Waals surface area contributed by atoms with E-state index in [0.717, 1.165) is 37.9 Å². The number of aliphatic hydroxyl groups is 2. The molecular formula is C26H42O4. The largest absolute Gasteiger partial charge is 0.431 e.